The number of rotatable bonds is 14. The minimum atomic E-state index is -1.97. The van der Waals surface area contributed by atoms with E-state index in [-0.39, 0.29) is 6.42 Å². The van der Waals surface area contributed by atoms with Crippen LogP contribution in [-0.2, 0) is 0 Å². The largest absolute Gasteiger partial charge is 0.390 e. The molecule has 0 amide bonds. The molecule has 0 aliphatic rings. The molecule has 0 spiro atoms. The van der Waals surface area contributed by atoms with E-state index in [4.69, 9.17) is 1.37 Å². The molecular formula is C18H38O3. The lowest BCUT2D eigenvalue weighted by Crippen LogP contribution is -2.52. The molecule has 0 bridgehead atoms. The lowest BCUT2D eigenvalue weighted by molar-refractivity contribution is -0.155. The van der Waals surface area contributed by atoms with Crippen LogP contribution in [0.4, 0.5) is 0 Å². The highest BCUT2D eigenvalue weighted by Crippen LogP contribution is 2.29. The monoisotopic (exact) mass is 303 g/mol. The van der Waals surface area contributed by atoms with Crippen molar-refractivity contribution in [2.75, 3.05) is 0 Å². The van der Waals surface area contributed by atoms with Crippen LogP contribution in [0, 0.1) is 0 Å². The standard InChI is InChI=1S/C18H38O3/c1-4-7-10-13-16(19)18(21,15-12-9-6-3)17(20)14-11-8-5-2/h16-17,19-21H,4-15H2,1-3H3/i16D. The van der Waals surface area contributed by atoms with Gasteiger partial charge in [0.1, 0.15) is 5.60 Å². The van der Waals surface area contributed by atoms with Crippen LogP contribution in [-0.4, -0.2) is 33.1 Å². The molecule has 0 saturated carbocycles. The quantitative estimate of drug-likeness (QED) is 0.422. The van der Waals surface area contributed by atoms with Crippen molar-refractivity contribution < 1.29 is 16.7 Å². The van der Waals surface area contributed by atoms with Crippen LogP contribution in [0.15, 0.2) is 0 Å². The van der Waals surface area contributed by atoms with Gasteiger partial charge in [-0.05, 0) is 19.3 Å². The van der Waals surface area contributed by atoms with Gasteiger partial charge in [-0.1, -0.05) is 78.6 Å². The van der Waals surface area contributed by atoms with Crippen molar-refractivity contribution in [3.8, 4) is 0 Å². The fourth-order valence-corrected chi connectivity index (χ4v) is 2.73. The van der Waals surface area contributed by atoms with Gasteiger partial charge in [-0.2, -0.15) is 0 Å². The van der Waals surface area contributed by atoms with Gasteiger partial charge in [0.2, 0.25) is 0 Å². The molecule has 21 heavy (non-hydrogen) atoms. The Labute approximate surface area is 133 Å². The smallest absolute Gasteiger partial charge is 0.116 e. The maximum absolute atomic E-state index is 10.9. The highest BCUT2D eigenvalue weighted by atomic mass is 16.4. The van der Waals surface area contributed by atoms with Crippen molar-refractivity contribution in [1.82, 2.24) is 0 Å². The lowest BCUT2D eigenvalue weighted by Gasteiger charge is -2.37. The van der Waals surface area contributed by atoms with Crippen molar-refractivity contribution in [3.63, 3.8) is 0 Å². The molecule has 0 aromatic carbocycles. The number of aliphatic hydroxyl groups is 3. The normalized spacial score (nSPS) is 19.6. The number of hydrogen-bond donors (Lipinski definition) is 3. The third-order valence-corrected chi connectivity index (χ3v) is 4.31. The van der Waals surface area contributed by atoms with Gasteiger partial charge < -0.3 is 15.3 Å². The first-order valence-corrected chi connectivity index (χ1v) is 8.98. The molecule has 3 unspecified atom stereocenters. The summed E-state index contributed by atoms with van der Waals surface area (Å²) in [5.74, 6) is 0. The van der Waals surface area contributed by atoms with E-state index in [1.807, 2.05) is 0 Å². The zero-order valence-corrected chi connectivity index (χ0v) is 14.4. The van der Waals surface area contributed by atoms with Crippen LogP contribution in [0.25, 0.3) is 0 Å². The molecule has 3 heteroatoms. The second kappa shape index (κ2) is 12.4. The zero-order chi connectivity index (χ0) is 17.1. The summed E-state index contributed by atoms with van der Waals surface area (Å²) in [6.07, 6.45) is 6.13. The van der Waals surface area contributed by atoms with Crippen molar-refractivity contribution in [2.45, 2.75) is 116 Å². The molecule has 0 radical (unpaired) electrons. The molecule has 0 fully saturated rings. The van der Waals surface area contributed by atoms with E-state index < -0.39 is 17.8 Å². The van der Waals surface area contributed by atoms with Gasteiger partial charge in [0.15, 0.2) is 0 Å². The summed E-state index contributed by atoms with van der Waals surface area (Å²) >= 11 is 0. The molecule has 128 valence electrons. The Morgan fingerprint density at radius 2 is 1.29 bits per heavy atom. The second-order valence-electron chi connectivity index (χ2n) is 6.30. The van der Waals surface area contributed by atoms with E-state index in [1.165, 1.54) is 0 Å². The van der Waals surface area contributed by atoms with Gasteiger partial charge >= 0.3 is 0 Å². The van der Waals surface area contributed by atoms with Gasteiger partial charge in [-0.15, -0.1) is 0 Å². The van der Waals surface area contributed by atoms with Gasteiger partial charge in [0.05, 0.1) is 13.6 Å². The van der Waals surface area contributed by atoms with E-state index >= 15 is 0 Å². The third kappa shape index (κ3) is 8.18. The highest BCUT2D eigenvalue weighted by Gasteiger charge is 2.41. The van der Waals surface area contributed by atoms with Crippen LogP contribution >= 0.6 is 0 Å². The van der Waals surface area contributed by atoms with E-state index in [0.717, 1.165) is 51.4 Å². The zero-order valence-electron chi connectivity index (χ0n) is 15.4. The van der Waals surface area contributed by atoms with Crippen LogP contribution in [0.2, 0.25) is 0 Å². The molecule has 0 aromatic rings. The van der Waals surface area contributed by atoms with Crippen LogP contribution in [0.5, 0.6) is 0 Å². The molecule has 3 nitrogen and oxygen atoms in total. The Hall–Kier alpha value is -0.120. The Morgan fingerprint density at radius 3 is 1.81 bits per heavy atom. The van der Waals surface area contributed by atoms with Crippen molar-refractivity contribution in [3.05, 3.63) is 0 Å². The number of hydrogen-bond acceptors (Lipinski definition) is 3. The maximum atomic E-state index is 10.9. The summed E-state index contributed by atoms with van der Waals surface area (Å²) in [7, 11) is 0. The third-order valence-electron chi connectivity index (χ3n) is 4.31. The first kappa shape index (κ1) is 18.9. The molecule has 3 atom stereocenters. The SMILES string of the molecule is [2H]C(O)(CCCCC)C(O)(CCCCC)C(O)CCCCC. The summed E-state index contributed by atoms with van der Waals surface area (Å²) < 4.78 is 8.25. The fourth-order valence-electron chi connectivity index (χ4n) is 2.73. The summed E-state index contributed by atoms with van der Waals surface area (Å²) in [4.78, 5) is 0. The van der Waals surface area contributed by atoms with E-state index in [1.54, 1.807) is 0 Å². The van der Waals surface area contributed by atoms with Crippen LogP contribution in [0.1, 0.15) is 99.2 Å². The Bertz CT molecular complexity index is 271. The Kier molecular flexibility index (Phi) is 11.2. The molecule has 0 aromatic heterocycles. The van der Waals surface area contributed by atoms with Gasteiger partial charge in [-0.3, -0.25) is 0 Å². The first-order chi connectivity index (χ1) is 10.4. The maximum Gasteiger partial charge on any atom is 0.116 e. The molecule has 3 N–H and O–H groups in total. The van der Waals surface area contributed by atoms with E-state index in [0.29, 0.717) is 19.3 Å². The topological polar surface area (TPSA) is 60.7 Å². The second-order valence-corrected chi connectivity index (χ2v) is 6.30. The van der Waals surface area contributed by atoms with Crippen molar-refractivity contribution in [2.24, 2.45) is 0 Å². The van der Waals surface area contributed by atoms with Crippen LogP contribution < -0.4 is 0 Å². The van der Waals surface area contributed by atoms with E-state index in [9.17, 15) is 15.3 Å². The Morgan fingerprint density at radius 1 is 0.810 bits per heavy atom. The molecule has 0 aliphatic heterocycles. The summed E-state index contributed by atoms with van der Waals surface area (Å²) in [5, 5.41) is 31.9. The van der Waals surface area contributed by atoms with Gasteiger partial charge in [0, 0.05) is 0 Å². The number of aliphatic hydroxyl groups excluding tert-OH is 1. The van der Waals surface area contributed by atoms with E-state index in [2.05, 4.69) is 20.8 Å². The van der Waals surface area contributed by atoms with Crippen LogP contribution in [0.3, 0.4) is 0 Å². The average Bonchev–Trinajstić information content (AvgIpc) is 2.47. The fraction of sp³-hybridized carbons (Fsp3) is 1.00. The predicted molar refractivity (Wildman–Crippen MR) is 89.4 cm³/mol. The minimum absolute atomic E-state index is 0.217. The predicted octanol–water partition coefficient (Wildman–Crippen LogP) is 4.18. The summed E-state index contributed by atoms with van der Waals surface area (Å²) in [6, 6.07) is 0. The Balaban J connectivity index is 4.87. The summed E-state index contributed by atoms with van der Waals surface area (Å²) in [6.45, 7) is 6.23. The first-order valence-electron chi connectivity index (χ1n) is 9.48. The van der Waals surface area contributed by atoms with Crippen molar-refractivity contribution >= 4 is 0 Å². The minimum Gasteiger partial charge on any atom is -0.390 e. The molecule has 0 heterocycles. The molecular weight excluding hydrogens is 264 g/mol. The highest BCUT2D eigenvalue weighted by molar-refractivity contribution is 4.93. The van der Waals surface area contributed by atoms with Gasteiger partial charge in [0.25, 0.3) is 0 Å². The van der Waals surface area contributed by atoms with Gasteiger partial charge in [-0.25, -0.2) is 0 Å². The molecule has 0 saturated heterocycles. The summed E-state index contributed by atoms with van der Waals surface area (Å²) in [5.41, 5.74) is -1.72. The number of unbranched alkanes of at least 4 members (excludes halogenated alkanes) is 6. The van der Waals surface area contributed by atoms with Crippen molar-refractivity contribution in [1.29, 1.82) is 0 Å². The molecule has 0 aliphatic carbocycles. The lowest BCUT2D eigenvalue weighted by atomic mass is 9.80. The average molecular weight is 304 g/mol. The molecule has 0 rings (SSSR count).